The molecule has 0 N–H and O–H groups in total. The third-order valence-electron chi connectivity index (χ3n) is 1.99. The van der Waals surface area contributed by atoms with Crippen LogP contribution in [0.1, 0.15) is 12.0 Å². The van der Waals surface area contributed by atoms with Gasteiger partial charge in [0.2, 0.25) is 0 Å². The molecule has 0 heterocycles. The van der Waals surface area contributed by atoms with Gasteiger partial charge in [-0.2, -0.15) is 0 Å². The van der Waals surface area contributed by atoms with Crippen LogP contribution in [0, 0.1) is 0 Å². The standard InChI is InChI=1S/C12H12Cl2O2/c1-2-8-16-11(15)7-6-9-4-3-5-10(13)12(9)14/h2-5H,1,6-8H2. The normalized spacial score (nSPS) is 9.88. The third-order valence-corrected chi connectivity index (χ3v) is 2.85. The van der Waals surface area contributed by atoms with Gasteiger partial charge in [0.1, 0.15) is 6.61 Å². The first kappa shape index (κ1) is 13.1. The summed E-state index contributed by atoms with van der Waals surface area (Å²) in [5.41, 5.74) is 0.852. The van der Waals surface area contributed by atoms with Crippen LogP contribution in [0.2, 0.25) is 10.0 Å². The molecule has 0 spiro atoms. The second kappa shape index (κ2) is 6.56. The smallest absolute Gasteiger partial charge is 0.306 e. The number of esters is 1. The zero-order chi connectivity index (χ0) is 12.0. The molecule has 0 radical (unpaired) electrons. The van der Waals surface area contributed by atoms with Gasteiger partial charge in [-0.05, 0) is 18.1 Å². The first-order chi connectivity index (χ1) is 7.65. The average molecular weight is 259 g/mol. The van der Waals surface area contributed by atoms with Crippen LogP contribution in [0.25, 0.3) is 0 Å². The highest BCUT2D eigenvalue weighted by molar-refractivity contribution is 6.42. The molecule has 0 amide bonds. The van der Waals surface area contributed by atoms with Crippen molar-refractivity contribution in [2.45, 2.75) is 12.8 Å². The average Bonchev–Trinajstić information content (AvgIpc) is 2.28. The maximum Gasteiger partial charge on any atom is 0.306 e. The second-order valence-electron chi connectivity index (χ2n) is 3.18. The summed E-state index contributed by atoms with van der Waals surface area (Å²) in [6, 6.07) is 5.36. The van der Waals surface area contributed by atoms with E-state index in [0.717, 1.165) is 5.56 Å². The Bertz CT molecular complexity index is 389. The minimum atomic E-state index is -0.268. The molecular weight excluding hydrogens is 247 g/mol. The van der Waals surface area contributed by atoms with E-state index in [-0.39, 0.29) is 19.0 Å². The van der Waals surface area contributed by atoms with Gasteiger partial charge in [-0.1, -0.05) is 48.0 Å². The van der Waals surface area contributed by atoms with Crippen molar-refractivity contribution in [2.24, 2.45) is 0 Å². The Morgan fingerprint density at radius 3 is 2.88 bits per heavy atom. The lowest BCUT2D eigenvalue weighted by Gasteiger charge is -2.05. The fraction of sp³-hybridized carbons (Fsp3) is 0.250. The molecule has 86 valence electrons. The number of carbonyl (C=O) groups is 1. The fourth-order valence-electron chi connectivity index (χ4n) is 1.20. The first-order valence-electron chi connectivity index (χ1n) is 4.84. The Hall–Kier alpha value is -0.990. The van der Waals surface area contributed by atoms with Gasteiger partial charge in [0.25, 0.3) is 0 Å². The number of rotatable bonds is 5. The molecule has 4 heteroatoms. The highest BCUT2D eigenvalue weighted by atomic mass is 35.5. The van der Waals surface area contributed by atoms with Crippen LogP contribution in [-0.4, -0.2) is 12.6 Å². The van der Waals surface area contributed by atoms with Gasteiger partial charge in [0.05, 0.1) is 10.0 Å². The summed E-state index contributed by atoms with van der Waals surface area (Å²) < 4.78 is 4.85. The summed E-state index contributed by atoms with van der Waals surface area (Å²) >= 11 is 11.8. The predicted octanol–water partition coefficient (Wildman–Crippen LogP) is 3.66. The van der Waals surface area contributed by atoms with Gasteiger partial charge >= 0.3 is 5.97 Å². The van der Waals surface area contributed by atoms with Crippen molar-refractivity contribution < 1.29 is 9.53 Å². The number of hydrogen-bond acceptors (Lipinski definition) is 2. The van der Waals surface area contributed by atoms with Crippen molar-refractivity contribution in [1.29, 1.82) is 0 Å². The molecule has 0 saturated heterocycles. The molecule has 1 aromatic rings. The first-order valence-corrected chi connectivity index (χ1v) is 5.60. The largest absolute Gasteiger partial charge is 0.461 e. The number of halogens is 2. The molecule has 0 fully saturated rings. The van der Waals surface area contributed by atoms with Crippen LogP contribution < -0.4 is 0 Å². The molecule has 0 aromatic heterocycles. The number of carbonyl (C=O) groups excluding carboxylic acids is 1. The van der Waals surface area contributed by atoms with Crippen molar-refractivity contribution in [3.8, 4) is 0 Å². The number of hydrogen-bond donors (Lipinski definition) is 0. The number of aryl methyl sites for hydroxylation is 1. The van der Waals surface area contributed by atoms with Crippen LogP contribution >= 0.6 is 23.2 Å². The maximum atomic E-state index is 11.2. The maximum absolute atomic E-state index is 11.2. The van der Waals surface area contributed by atoms with E-state index in [1.54, 1.807) is 12.1 Å². The quantitative estimate of drug-likeness (QED) is 0.595. The van der Waals surface area contributed by atoms with Crippen LogP contribution in [0.3, 0.4) is 0 Å². The number of ether oxygens (including phenoxy) is 1. The predicted molar refractivity (Wildman–Crippen MR) is 65.9 cm³/mol. The second-order valence-corrected chi connectivity index (χ2v) is 3.97. The summed E-state index contributed by atoms with van der Waals surface area (Å²) in [6.07, 6.45) is 2.34. The molecule has 1 aromatic carbocycles. The third kappa shape index (κ3) is 3.87. The molecule has 2 nitrogen and oxygen atoms in total. The van der Waals surface area contributed by atoms with Crippen molar-refractivity contribution in [3.05, 3.63) is 46.5 Å². The molecule has 0 atom stereocenters. The van der Waals surface area contributed by atoms with Crippen LogP contribution in [-0.2, 0) is 16.0 Å². The molecular formula is C12H12Cl2O2. The lowest BCUT2D eigenvalue weighted by Crippen LogP contribution is -2.05. The van der Waals surface area contributed by atoms with Gasteiger partial charge < -0.3 is 4.74 Å². The topological polar surface area (TPSA) is 26.3 Å². The molecule has 0 aliphatic heterocycles. The van der Waals surface area contributed by atoms with E-state index >= 15 is 0 Å². The molecule has 0 aliphatic rings. The minimum Gasteiger partial charge on any atom is -0.461 e. The van der Waals surface area contributed by atoms with Gasteiger partial charge in [0.15, 0.2) is 0 Å². The van der Waals surface area contributed by atoms with Crippen LogP contribution in [0.15, 0.2) is 30.9 Å². The van der Waals surface area contributed by atoms with E-state index < -0.39 is 0 Å². The highest BCUT2D eigenvalue weighted by Crippen LogP contribution is 2.26. The van der Waals surface area contributed by atoms with E-state index in [4.69, 9.17) is 27.9 Å². The van der Waals surface area contributed by atoms with Crippen LogP contribution in [0.4, 0.5) is 0 Å². The van der Waals surface area contributed by atoms with Gasteiger partial charge in [0, 0.05) is 6.42 Å². The monoisotopic (exact) mass is 258 g/mol. The van der Waals surface area contributed by atoms with Gasteiger partial charge in [-0.25, -0.2) is 0 Å². The zero-order valence-electron chi connectivity index (χ0n) is 8.71. The van der Waals surface area contributed by atoms with Gasteiger partial charge in [-0.15, -0.1) is 0 Å². The Balaban J connectivity index is 2.51. The summed E-state index contributed by atoms with van der Waals surface area (Å²) in [5, 5.41) is 0.999. The summed E-state index contributed by atoms with van der Waals surface area (Å²) in [4.78, 5) is 11.2. The van der Waals surface area contributed by atoms with E-state index in [9.17, 15) is 4.79 Å². The molecule has 0 unspecified atom stereocenters. The summed E-state index contributed by atoms with van der Waals surface area (Å²) in [5.74, 6) is -0.268. The van der Waals surface area contributed by atoms with Crippen molar-refractivity contribution in [3.63, 3.8) is 0 Å². The minimum absolute atomic E-state index is 0.238. The molecule has 0 bridgehead atoms. The zero-order valence-corrected chi connectivity index (χ0v) is 10.2. The highest BCUT2D eigenvalue weighted by Gasteiger charge is 2.07. The Morgan fingerprint density at radius 2 is 2.19 bits per heavy atom. The van der Waals surface area contributed by atoms with Gasteiger partial charge in [-0.3, -0.25) is 4.79 Å². The molecule has 0 saturated carbocycles. The van der Waals surface area contributed by atoms with E-state index in [1.165, 1.54) is 6.08 Å². The van der Waals surface area contributed by atoms with Crippen molar-refractivity contribution in [2.75, 3.05) is 6.61 Å². The lowest BCUT2D eigenvalue weighted by atomic mass is 10.1. The summed E-state index contributed by atoms with van der Waals surface area (Å²) in [6.45, 7) is 3.70. The van der Waals surface area contributed by atoms with E-state index in [1.807, 2.05) is 6.07 Å². The lowest BCUT2D eigenvalue weighted by molar-refractivity contribution is -0.142. The van der Waals surface area contributed by atoms with E-state index in [2.05, 4.69) is 6.58 Å². The SMILES string of the molecule is C=CCOC(=O)CCc1cccc(Cl)c1Cl. The Labute approximate surface area is 105 Å². The summed E-state index contributed by atoms with van der Waals surface area (Å²) in [7, 11) is 0. The van der Waals surface area contributed by atoms with Crippen molar-refractivity contribution in [1.82, 2.24) is 0 Å². The number of benzene rings is 1. The molecule has 0 aliphatic carbocycles. The fourth-order valence-corrected chi connectivity index (χ4v) is 1.62. The Kier molecular flexibility index (Phi) is 5.36. The van der Waals surface area contributed by atoms with E-state index in [0.29, 0.717) is 16.5 Å². The molecule has 16 heavy (non-hydrogen) atoms. The van der Waals surface area contributed by atoms with Crippen molar-refractivity contribution >= 4 is 29.2 Å². The van der Waals surface area contributed by atoms with Crippen LogP contribution in [0.5, 0.6) is 0 Å². The molecule has 1 rings (SSSR count). The Morgan fingerprint density at radius 1 is 1.44 bits per heavy atom.